The maximum Gasteiger partial charge on any atom is 0.259 e. The molecule has 2 aromatic rings. The largest absolute Gasteiger partial charge is 0.342 e. The van der Waals surface area contributed by atoms with E-state index in [1.165, 1.54) is 9.58 Å². The molecule has 1 aromatic heterocycles. The van der Waals surface area contributed by atoms with E-state index in [1.54, 1.807) is 18.9 Å². The van der Waals surface area contributed by atoms with Gasteiger partial charge in [-0.25, -0.2) is 4.68 Å². The predicted octanol–water partition coefficient (Wildman–Crippen LogP) is 2.77. The molecule has 7 heteroatoms. The summed E-state index contributed by atoms with van der Waals surface area (Å²) >= 11 is 6.41. The Hall–Kier alpha value is -2.34. The molecule has 0 aliphatic rings. The van der Waals surface area contributed by atoms with Gasteiger partial charge in [0.15, 0.2) is 0 Å². The second kappa shape index (κ2) is 8.16. The highest BCUT2D eigenvalue weighted by Gasteiger charge is 2.25. The van der Waals surface area contributed by atoms with Crippen LogP contribution in [0.2, 0.25) is 5.15 Å². The van der Waals surface area contributed by atoms with Crippen LogP contribution in [0, 0.1) is 6.92 Å². The van der Waals surface area contributed by atoms with Crippen molar-refractivity contribution in [3.8, 4) is 5.69 Å². The van der Waals surface area contributed by atoms with Crippen LogP contribution in [-0.2, 0) is 4.79 Å². The molecule has 0 radical (unpaired) electrons. The Kier molecular flexibility index (Phi) is 6.20. The lowest BCUT2D eigenvalue weighted by Crippen LogP contribution is -2.41. The van der Waals surface area contributed by atoms with Gasteiger partial charge in [-0.1, -0.05) is 29.8 Å². The number of halogens is 1. The van der Waals surface area contributed by atoms with E-state index in [-0.39, 0.29) is 23.5 Å². The van der Waals surface area contributed by atoms with Crippen LogP contribution in [0.5, 0.6) is 0 Å². The number of carbonyl (C=O) groups is 2. The van der Waals surface area contributed by atoms with E-state index < -0.39 is 0 Å². The number of amides is 2. The summed E-state index contributed by atoms with van der Waals surface area (Å²) in [6.07, 6.45) is 0. The first-order chi connectivity index (χ1) is 11.9. The van der Waals surface area contributed by atoms with Gasteiger partial charge in [-0.15, -0.1) is 0 Å². The molecule has 25 heavy (non-hydrogen) atoms. The van der Waals surface area contributed by atoms with Gasteiger partial charge in [-0.05, 0) is 32.9 Å². The van der Waals surface area contributed by atoms with E-state index in [9.17, 15) is 9.59 Å². The highest BCUT2D eigenvalue weighted by molar-refractivity contribution is 6.33. The van der Waals surface area contributed by atoms with Gasteiger partial charge in [-0.2, -0.15) is 5.10 Å². The number of rotatable bonds is 6. The van der Waals surface area contributed by atoms with Gasteiger partial charge in [0, 0.05) is 20.1 Å². The van der Waals surface area contributed by atoms with Crippen molar-refractivity contribution in [3.05, 3.63) is 46.7 Å². The van der Waals surface area contributed by atoms with Crippen molar-refractivity contribution < 1.29 is 9.59 Å². The zero-order chi connectivity index (χ0) is 18.6. The van der Waals surface area contributed by atoms with Crippen molar-refractivity contribution in [1.82, 2.24) is 19.6 Å². The number of likely N-dealkylation sites (N-methyl/N-ethyl adjacent to an activating group) is 2. The second-order valence-electron chi connectivity index (χ2n) is 5.73. The molecule has 2 rings (SSSR count). The van der Waals surface area contributed by atoms with E-state index in [4.69, 9.17) is 11.6 Å². The SMILES string of the molecule is CCN(CC)C(=O)CN(C)C(=O)c1c(C)nn(-c2ccccc2)c1Cl. The number of hydrogen-bond donors (Lipinski definition) is 0. The van der Waals surface area contributed by atoms with Crippen LogP contribution in [0.1, 0.15) is 29.9 Å². The van der Waals surface area contributed by atoms with Gasteiger partial charge < -0.3 is 9.80 Å². The Labute approximate surface area is 153 Å². The first kappa shape index (κ1) is 19.0. The molecule has 0 bridgehead atoms. The maximum atomic E-state index is 12.8. The van der Waals surface area contributed by atoms with Crippen molar-refractivity contribution in [1.29, 1.82) is 0 Å². The highest BCUT2D eigenvalue weighted by Crippen LogP contribution is 2.24. The molecule has 1 heterocycles. The average molecular weight is 363 g/mol. The molecule has 1 aromatic carbocycles. The van der Waals surface area contributed by atoms with Crippen LogP contribution in [0.4, 0.5) is 0 Å². The quantitative estimate of drug-likeness (QED) is 0.794. The first-order valence-electron chi connectivity index (χ1n) is 8.24. The monoisotopic (exact) mass is 362 g/mol. The minimum atomic E-state index is -0.315. The minimum absolute atomic E-state index is 0.00675. The maximum absolute atomic E-state index is 12.8. The molecule has 0 aliphatic heterocycles. The third-order valence-electron chi connectivity index (χ3n) is 4.05. The molecule has 0 saturated heterocycles. The van der Waals surface area contributed by atoms with E-state index >= 15 is 0 Å². The number of carbonyl (C=O) groups excluding carboxylic acids is 2. The van der Waals surface area contributed by atoms with Gasteiger partial charge in [-0.3, -0.25) is 9.59 Å². The van der Waals surface area contributed by atoms with Gasteiger partial charge in [0.25, 0.3) is 5.91 Å². The average Bonchev–Trinajstić information content (AvgIpc) is 2.90. The fourth-order valence-electron chi connectivity index (χ4n) is 2.62. The van der Waals surface area contributed by atoms with Crippen LogP contribution in [0.25, 0.3) is 5.69 Å². The Bertz CT molecular complexity index is 754. The van der Waals surface area contributed by atoms with Crippen LogP contribution in [-0.4, -0.2) is 58.1 Å². The van der Waals surface area contributed by atoms with E-state index in [0.29, 0.717) is 24.3 Å². The third-order valence-corrected chi connectivity index (χ3v) is 4.40. The van der Waals surface area contributed by atoms with Gasteiger partial charge in [0.05, 0.1) is 23.5 Å². The lowest BCUT2D eigenvalue weighted by Gasteiger charge is -2.23. The number of nitrogens with zero attached hydrogens (tertiary/aromatic N) is 4. The zero-order valence-corrected chi connectivity index (χ0v) is 15.7. The molecule has 0 fully saturated rings. The van der Waals surface area contributed by atoms with Crippen LogP contribution in [0.15, 0.2) is 30.3 Å². The summed E-state index contributed by atoms with van der Waals surface area (Å²) < 4.78 is 1.53. The van der Waals surface area contributed by atoms with Gasteiger partial charge >= 0.3 is 0 Å². The van der Waals surface area contributed by atoms with Crippen molar-refractivity contribution in [2.75, 3.05) is 26.7 Å². The molecule has 0 spiro atoms. The summed E-state index contributed by atoms with van der Waals surface area (Å²) in [5.41, 5.74) is 1.62. The number of aryl methyl sites for hydroxylation is 1. The second-order valence-corrected chi connectivity index (χ2v) is 6.08. The Morgan fingerprint density at radius 2 is 1.76 bits per heavy atom. The molecule has 6 nitrogen and oxygen atoms in total. The summed E-state index contributed by atoms with van der Waals surface area (Å²) in [7, 11) is 1.60. The Morgan fingerprint density at radius 1 is 1.16 bits per heavy atom. The normalized spacial score (nSPS) is 10.6. The van der Waals surface area contributed by atoms with Crippen molar-refractivity contribution in [3.63, 3.8) is 0 Å². The number of aromatic nitrogens is 2. The molecule has 2 amide bonds. The van der Waals surface area contributed by atoms with Crippen LogP contribution < -0.4 is 0 Å². The fraction of sp³-hybridized carbons (Fsp3) is 0.389. The molecule has 0 N–H and O–H groups in total. The van der Waals surface area contributed by atoms with E-state index in [2.05, 4.69) is 5.10 Å². The van der Waals surface area contributed by atoms with Crippen LogP contribution >= 0.6 is 11.6 Å². The van der Waals surface area contributed by atoms with E-state index in [1.807, 2.05) is 44.2 Å². The molecule has 0 unspecified atom stereocenters. The lowest BCUT2D eigenvalue weighted by molar-refractivity contribution is -0.131. The Balaban J connectivity index is 2.25. The third kappa shape index (κ3) is 4.02. The molecule has 0 saturated carbocycles. The molecule has 134 valence electrons. The van der Waals surface area contributed by atoms with Gasteiger partial charge in [0.1, 0.15) is 5.15 Å². The topological polar surface area (TPSA) is 58.4 Å². The van der Waals surface area contributed by atoms with Crippen molar-refractivity contribution in [2.24, 2.45) is 0 Å². The van der Waals surface area contributed by atoms with E-state index in [0.717, 1.165) is 5.69 Å². The summed E-state index contributed by atoms with van der Waals surface area (Å²) in [5.74, 6) is -0.407. The minimum Gasteiger partial charge on any atom is -0.342 e. The zero-order valence-electron chi connectivity index (χ0n) is 15.0. The summed E-state index contributed by atoms with van der Waals surface area (Å²) in [4.78, 5) is 28.1. The first-order valence-corrected chi connectivity index (χ1v) is 8.62. The standard InChI is InChI=1S/C18H23ClN4O2/c1-5-22(6-2)15(24)12-21(4)18(25)16-13(3)20-23(17(16)19)14-10-8-7-9-11-14/h7-11H,5-6,12H2,1-4H3. The molecule has 0 atom stereocenters. The number of para-hydroxylation sites is 1. The van der Waals surface area contributed by atoms with Crippen molar-refractivity contribution in [2.45, 2.75) is 20.8 Å². The number of hydrogen-bond acceptors (Lipinski definition) is 3. The summed E-state index contributed by atoms with van der Waals surface area (Å²) in [6.45, 7) is 6.79. The number of benzene rings is 1. The molecule has 0 aliphatic carbocycles. The summed E-state index contributed by atoms with van der Waals surface area (Å²) in [5, 5.41) is 4.62. The smallest absolute Gasteiger partial charge is 0.259 e. The molecular formula is C18H23ClN4O2. The highest BCUT2D eigenvalue weighted by atomic mass is 35.5. The Morgan fingerprint density at radius 3 is 2.32 bits per heavy atom. The summed E-state index contributed by atoms with van der Waals surface area (Å²) in [6, 6.07) is 9.37. The molecular weight excluding hydrogens is 340 g/mol. The fourth-order valence-corrected chi connectivity index (χ4v) is 2.98. The van der Waals surface area contributed by atoms with Crippen LogP contribution in [0.3, 0.4) is 0 Å². The van der Waals surface area contributed by atoms with Gasteiger partial charge in [0.2, 0.25) is 5.91 Å². The predicted molar refractivity (Wildman–Crippen MR) is 98.2 cm³/mol. The van der Waals surface area contributed by atoms with Crippen molar-refractivity contribution >= 4 is 23.4 Å². The lowest BCUT2D eigenvalue weighted by atomic mass is 10.2.